The van der Waals surface area contributed by atoms with Crippen LogP contribution in [0.25, 0.3) is 0 Å². The molecule has 4 rings (SSSR count). The molecule has 0 bridgehead atoms. The largest absolute Gasteiger partial charge is 0.357 e. The zero-order valence-electron chi connectivity index (χ0n) is 19.3. The van der Waals surface area contributed by atoms with Gasteiger partial charge in [0.25, 0.3) is 5.69 Å². The van der Waals surface area contributed by atoms with Crippen LogP contribution in [-0.4, -0.2) is 16.6 Å². The molecule has 1 aliphatic heterocycles. The number of hydrogen-bond donors (Lipinski definition) is 1. The molecule has 2 aromatic carbocycles. The minimum Gasteiger partial charge on any atom is -0.357 e. The second kappa shape index (κ2) is 8.81. The molecule has 0 spiro atoms. The van der Waals surface area contributed by atoms with Crippen molar-refractivity contribution in [2.24, 2.45) is 5.41 Å². The molecule has 0 radical (unpaired) electrons. The summed E-state index contributed by atoms with van der Waals surface area (Å²) in [6.07, 6.45) is 2.91. The summed E-state index contributed by atoms with van der Waals surface area (Å²) in [5, 5.41) is 15.0. The number of anilines is 2. The first kappa shape index (κ1) is 22.7. The Labute approximate surface area is 193 Å². The van der Waals surface area contributed by atoms with Gasteiger partial charge in [-0.15, -0.1) is 0 Å². The average Bonchev–Trinajstić information content (AvgIpc) is 2.91. The zero-order chi connectivity index (χ0) is 23.8. The van der Waals surface area contributed by atoms with Crippen molar-refractivity contribution in [3.8, 4) is 0 Å². The molecule has 1 unspecified atom stereocenters. The van der Waals surface area contributed by atoms with Gasteiger partial charge in [-0.1, -0.05) is 51.5 Å². The molecule has 2 aliphatic rings. The molecule has 2 aromatic rings. The van der Waals surface area contributed by atoms with Crippen molar-refractivity contribution in [3.63, 3.8) is 0 Å². The molecule has 1 aliphatic carbocycles. The normalized spacial score (nSPS) is 19.3. The molecule has 7 heteroatoms. The number of nitrogens with zero attached hydrogens (tertiary/aromatic N) is 2. The third-order valence-electron chi connectivity index (χ3n) is 6.31. The van der Waals surface area contributed by atoms with Crippen molar-refractivity contribution in [1.29, 1.82) is 0 Å². The van der Waals surface area contributed by atoms with E-state index >= 15 is 0 Å². The van der Waals surface area contributed by atoms with Gasteiger partial charge in [0.15, 0.2) is 5.78 Å². The van der Waals surface area contributed by atoms with Crippen LogP contribution in [0.2, 0.25) is 0 Å². The summed E-state index contributed by atoms with van der Waals surface area (Å²) in [7, 11) is 0. The fraction of sp³-hybridized carbons (Fsp3) is 0.385. The number of nitrogens with one attached hydrogen (secondary N) is 1. The Bertz CT molecular complexity index is 1150. The van der Waals surface area contributed by atoms with E-state index in [0.29, 0.717) is 36.1 Å². The number of benzene rings is 2. The summed E-state index contributed by atoms with van der Waals surface area (Å²) in [5.41, 5.74) is 3.01. The van der Waals surface area contributed by atoms with Gasteiger partial charge in [-0.25, -0.2) is 0 Å². The van der Waals surface area contributed by atoms with Crippen LogP contribution in [0.15, 0.2) is 59.8 Å². The molecule has 0 saturated carbocycles. The van der Waals surface area contributed by atoms with E-state index in [1.165, 1.54) is 12.1 Å². The number of ketones is 1. The van der Waals surface area contributed by atoms with Crippen molar-refractivity contribution in [3.05, 3.63) is 75.5 Å². The quantitative estimate of drug-likeness (QED) is 0.453. The van der Waals surface area contributed by atoms with Crippen LogP contribution < -0.4 is 10.2 Å². The minimum atomic E-state index is -0.732. The van der Waals surface area contributed by atoms with Gasteiger partial charge in [-0.3, -0.25) is 24.6 Å². The fourth-order valence-corrected chi connectivity index (χ4v) is 4.83. The highest BCUT2D eigenvalue weighted by Gasteiger charge is 2.43. The van der Waals surface area contributed by atoms with Crippen LogP contribution in [0.3, 0.4) is 0 Å². The molecule has 172 valence electrons. The molecule has 7 nitrogen and oxygen atoms in total. The number of carbonyl (C=O) groups is 2. The molecule has 0 aromatic heterocycles. The van der Waals surface area contributed by atoms with Gasteiger partial charge in [0.2, 0.25) is 5.91 Å². The summed E-state index contributed by atoms with van der Waals surface area (Å²) in [5.74, 6) is -0.139. The molecule has 1 amide bonds. The number of amides is 1. The zero-order valence-corrected chi connectivity index (χ0v) is 19.3. The number of para-hydroxylation sites is 2. The predicted octanol–water partition coefficient (Wildman–Crippen LogP) is 5.93. The Morgan fingerprint density at radius 2 is 1.94 bits per heavy atom. The van der Waals surface area contributed by atoms with E-state index in [-0.39, 0.29) is 22.8 Å². The molecular formula is C26H29N3O4. The van der Waals surface area contributed by atoms with E-state index in [4.69, 9.17) is 0 Å². The van der Waals surface area contributed by atoms with Gasteiger partial charge in [-0.2, -0.15) is 0 Å². The molecule has 0 saturated heterocycles. The summed E-state index contributed by atoms with van der Waals surface area (Å²) in [4.78, 5) is 39.9. The average molecular weight is 448 g/mol. The Balaban J connectivity index is 1.99. The summed E-state index contributed by atoms with van der Waals surface area (Å²) < 4.78 is 0. The number of allylic oxidation sites excluding steroid dienone is 1. The number of carbonyl (C=O) groups excluding carboxylic acids is 2. The standard InChI is InChI=1S/C26H29N3O4/c1-4-5-13-23(31)28-21-12-7-6-11-19(21)27-20-15-26(2,3)16-22(30)24(20)25(28)17-9-8-10-18(14-17)29(32)33/h6-12,14,25,27H,4-5,13,15-16H2,1-3H3. The van der Waals surface area contributed by atoms with Crippen LogP contribution in [0.5, 0.6) is 0 Å². The maximum Gasteiger partial charge on any atom is 0.269 e. The topological polar surface area (TPSA) is 92.6 Å². The first-order chi connectivity index (χ1) is 15.7. The van der Waals surface area contributed by atoms with Crippen LogP contribution in [-0.2, 0) is 9.59 Å². The number of hydrogen-bond acceptors (Lipinski definition) is 5. The Morgan fingerprint density at radius 1 is 1.18 bits per heavy atom. The highest BCUT2D eigenvalue weighted by molar-refractivity contribution is 6.06. The lowest BCUT2D eigenvalue weighted by Gasteiger charge is -2.37. The minimum absolute atomic E-state index is 0.0358. The molecular weight excluding hydrogens is 418 g/mol. The number of non-ortho nitro benzene ring substituents is 1. The summed E-state index contributed by atoms with van der Waals surface area (Å²) in [6, 6.07) is 13.1. The van der Waals surface area contributed by atoms with Gasteiger partial charge >= 0.3 is 0 Å². The Hall–Kier alpha value is -3.48. The maximum absolute atomic E-state index is 13.6. The number of unbranched alkanes of at least 4 members (excludes halogenated alkanes) is 1. The van der Waals surface area contributed by atoms with E-state index in [1.54, 1.807) is 17.0 Å². The van der Waals surface area contributed by atoms with Gasteiger partial charge in [0.05, 0.1) is 22.3 Å². The van der Waals surface area contributed by atoms with Crippen molar-refractivity contribution in [2.45, 2.75) is 58.9 Å². The number of nitro benzene ring substituents is 1. The molecule has 0 fully saturated rings. The monoisotopic (exact) mass is 447 g/mol. The first-order valence-corrected chi connectivity index (χ1v) is 11.4. The number of nitro groups is 1. The number of fused-ring (bicyclic) bond motifs is 1. The van der Waals surface area contributed by atoms with Crippen molar-refractivity contribution in [1.82, 2.24) is 0 Å². The van der Waals surface area contributed by atoms with Crippen molar-refractivity contribution < 1.29 is 14.5 Å². The van der Waals surface area contributed by atoms with Crippen LogP contribution in [0.1, 0.15) is 64.5 Å². The Kier molecular flexibility index (Phi) is 6.06. The van der Waals surface area contributed by atoms with E-state index in [2.05, 4.69) is 19.2 Å². The lowest BCUT2D eigenvalue weighted by Crippen LogP contribution is -2.39. The lowest BCUT2D eigenvalue weighted by atomic mass is 9.73. The smallest absolute Gasteiger partial charge is 0.269 e. The SMILES string of the molecule is CCCCC(=O)N1c2ccccc2NC2=C(C(=O)CC(C)(C)C2)C1c1cccc([N+](=O)[O-])c1. The number of Topliss-reactive ketones (excluding diaryl/α,β-unsaturated/α-hetero) is 1. The van der Waals surface area contributed by atoms with Crippen molar-refractivity contribution >= 4 is 28.8 Å². The predicted molar refractivity (Wildman–Crippen MR) is 128 cm³/mol. The van der Waals surface area contributed by atoms with E-state index in [9.17, 15) is 19.7 Å². The molecule has 1 heterocycles. The third-order valence-corrected chi connectivity index (χ3v) is 6.31. The van der Waals surface area contributed by atoms with Gasteiger partial charge in [-0.05, 0) is 36.0 Å². The van der Waals surface area contributed by atoms with Crippen LogP contribution in [0.4, 0.5) is 17.1 Å². The fourth-order valence-electron chi connectivity index (χ4n) is 4.83. The van der Waals surface area contributed by atoms with Gasteiger partial charge < -0.3 is 5.32 Å². The maximum atomic E-state index is 13.6. The summed E-state index contributed by atoms with van der Waals surface area (Å²) in [6.45, 7) is 6.13. The first-order valence-electron chi connectivity index (χ1n) is 11.4. The second-order valence-corrected chi connectivity index (χ2v) is 9.60. The molecule has 1 atom stereocenters. The highest BCUT2D eigenvalue weighted by atomic mass is 16.6. The molecule has 33 heavy (non-hydrogen) atoms. The highest BCUT2D eigenvalue weighted by Crippen LogP contribution is 2.48. The van der Waals surface area contributed by atoms with Crippen LogP contribution >= 0.6 is 0 Å². The van der Waals surface area contributed by atoms with E-state index < -0.39 is 11.0 Å². The van der Waals surface area contributed by atoms with Crippen molar-refractivity contribution in [2.75, 3.05) is 10.2 Å². The summed E-state index contributed by atoms with van der Waals surface area (Å²) >= 11 is 0. The number of rotatable bonds is 5. The van der Waals surface area contributed by atoms with E-state index in [1.807, 2.05) is 31.2 Å². The van der Waals surface area contributed by atoms with E-state index in [0.717, 1.165) is 24.2 Å². The lowest BCUT2D eigenvalue weighted by molar-refractivity contribution is -0.384. The van der Waals surface area contributed by atoms with Gasteiger partial charge in [0, 0.05) is 36.2 Å². The van der Waals surface area contributed by atoms with Gasteiger partial charge in [0.1, 0.15) is 0 Å². The second-order valence-electron chi connectivity index (χ2n) is 9.60. The third kappa shape index (κ3) is 4.40. The van der Waals surface area contributed by atoms with Crippen LogP contribution in [0, 0.1) is 15.5 Å². The molecule has 1 N–H and O–H groups in total. The Morgan fingerprint density at radius 3 is 2.67 bits per heavy atom.